The minimum absolute atomic E-state index is 0.312. The van der Waals surface area contributed by atoms with Gasteiger partial charge in [0.15, 0.2) is 6.73 Å². The van der Waals surface area contributed by atoms with Crippen LogP contribution in [0.5, 0.6) is 0 Å². The number of ether oxygens (including phenoxy) is 2. The lowest BCUT2D eigenvalue weighted by Crippen LogP contribution is -2.41. The lowest BCUT2D eigenvalue weighted by molar-refractivity contribution is -0.165. The van der Waals surface area contributed by atoms with Crippen LogP contribution in [-0.2, 0) is 19.1 Å². The standard InChI is InChI=1S/C15H20N2O6/c1-11(19)22-9-15(2,8-18)13(20)23-10-16-14(21)17-12-6-4-3-5-7-12/h3-7,18H,8-10H2,1-2H3,(H2,16,17,21). The highest BCUT2D eigenvalue weighted by Crippen LogP contribution is 2.18. The number of hydrogen-bond donors (Lipinski definition) is 3. The molecule has 1 unspecified atom stereocenters. The second kappa shape index (κ2) is 8.74. The average molecular weight is 324 g/mol. The zero-order valence-electron chi connectivity index (χ0n) is 13.0. The summed E-state index contributed by atoms with van der Waals surface area (Å²) in [5.74, 6) is -1.36. The number of carbonyl (C=O) groups excluding carboxylic acids is 3. The van der Waals surface area contributed by atoms with E-state index >= 15 is 0 Å². The molecule has 0 aliphatic heterocycles. The molecule has 0 aromatic heterocycles. The van der Waals surface area contributed by atoms with Crippen molar-refractivity contribution >= 4 is 23.7 Å². The van der Waals surface area contributed by atoms with E-state index in [-0.39, 0.29) is 13.3 Å². The third-order valence-electron chi connectivity index (χ3n) is 2.90. The molecule has 1 aromatic carbocycles. The van der Waals surface area contributed by atoms with Gasteiger partial charge in [0.1, 0.15) is 12.0 Å². The SMILES string of the molecule is CC(=O)OCC(C)(CO)C(=O)OCNC(=O)Nc1ccccc1. The number of benzene rings is 1. The highest BCUT2D eigenvalue weighted by molar-refractivity contribution is 5.89. The van der Waals surface area contributed by atoms with Crippen molar-refractivity contribution in [3.8, 4) is 0 Å². The van der Waals surface area contributed by atoms with Gasteiger partial charge in [-0.05, 0) is 19.1 Å². The second-order valence-electron chi connectivity index (χ2n) is 5.07. The summed E-state index contributed by atoms with van der Waals surface area (Å²) >= 11 is 0. The average Bonchev–Trinajstić information content (AvgIpc) is 2.53. The molecule has 0 aliphatic rings. The maximum Gasteiger partial charge on any atom is 0.321 e. The smallest absolute Gasteiger partial charge is 0.321 e. The van der Waals surface area contributed by atoms with Crippen molar-refractivity contribution < 1.29 is 29.0 Å². The molecular weight excluding hydrogens is 304 g/mol. The molecule has 23 heavy (non-hydrogen) atoms. The van der Waals surface area contributed by atoms with Crippen LogP contribution in [0.25, 0.3) is 0 Å². The van der Waals surface area contributed by atoms with Crippen molar-refractivity contribution in [1.82, 2.24) is 5.32 Å². The fraction of sp³-hybridized carbons (Fsp3) is 0.400. The van der Waals surface area contributed by atoms with Gasteiger partial charge in [0.2, 0.25) is 0 Å². The van der Waals surface area contributed by atoms with Gasteiger partial charge in [0, 0.05) is 12.6 Å². The van der Waals surface area contributed by atoms with Crippen molar-refractivity contribution in [1.29, 1.82) is 0 Å². The molecule has 1 rings (SSSR count). The number of esters is 2. The molecule has 126 valence electrons. The fourth-order valence-electron chi connectivity index (χ4n) is 1.47. The zero-order valence-corrected chi connectivity index (χ0v) is 13.0. The van der Waals surface area contributed by atoms with E-state index < -0.39 is 30.0 Å². The molecule has 3 N–H and O–H groups in total. The number of aliphatic hydroxyl groups excluding tert-OH is 1. The molecule has 1 atom stereocenters. The van der Waals surface area contributed by atoms with Gasteiger partial charge in [-0.1, -0.05) is 18.2 Å². The van der Waals surface area contributed by atoms with E-state index in [1.807, 2.05) is 6.07 Å². The van der Waals surface area contributed by atoms with E-state index in [1.165, 1.54) is 13.8 Å². The molecule has 0 saturated carbocycles. The largest absolute Gasteiger partial charge is 0.465 e. The summed E-state index contributed by atoms with van der Waals surface area (Å²) in [6.45, 7) is 1.33. The molecule has 8 heteroatoms. The lowest BCUT2D eigenvalue weighted by Gasteiger charge is -2.24. The number of aliphatic hydroxyl groups is 1. The summed E-state index contributed by atoms with van der Waals surface area (Å²) < 4.78 is 9.60. The van der Waals surface area contributed by atoms with Gasteiger partial charge in [0.25, 0.3) is 0 Å². The Hall–Kier alpha value is -2.61. The van der Waals surface area contributed by atoms with E-state index in [1.54, 1.807) is 24.3 Å². The Labute approximate surface area is 133 Å². The van der Waals surface area contributed by atoms with Crippen LogP contribution in [0.15, 0.2) is 30.3 Å². The van der Waals surface area contributed by atoms with E-state index in [4.69, 9.17) is 9.47 Å². The molecular formula is C15H20N2O6. The van der Waals surface area contributed by atoms with Crippen molar-refractivity contribution in [3.63, 3.8) is 0 Å². The number of para-hydroxylation sites is 1. The normalized spacial score (nSPS) is 12.7. The highest BCUT2D eigenvalue weighted by atomic mass is 16.6. The quantitative estimate of drug-likeness (QED) is 0.506. The minimum atomic E-state index is -1.39. The Morgan fingerprint density at radius 2 is 1.83 bits per heavy atom. The van der Waals surface area contributed by atoms with Crippen LogP contribution in [-0.4, -0.2) is 43.0 Å². The Kier molecular flexibility index (Phi) is 7.01. The number of rotatable bonds is 7. The maximum absolute atomic E-state index is 11.9. The predicted octanol–water partition coefficient (Wildman–Crippen LogP) is 0.870. The molecule has 1 aromatic rings. The second-order valence-corrected chi connectivity index (χ2v) is 5.07. The highest BCUT2D eigenvalue weighted by Gasteiger charge is 2.36. The Morgan fingerprint density at radius 1 is 1.17 bits per heavy atom. The van der Waals surface area contributed by atoms with Gasteiger partial charge < -0.3 is 25.2 Å². The molecule has 0 bridgehead atoms. The number of urea groups is 1. The van der Waals surface area contributed by atoms with E-state index in [9.17, 15) is 19.5 Å². The first-order valence-electron chi connectivity index (χ1n) is 6.89. The Bertz CT molecular complexity index is 548. The summed E-state index contributed by atoms with van der Waals surface area (Å²) in [6, 6.07) is 8.19. The molecule has 0 spiro atoms. The van der Waals surface area contributed by atoms with Gasteiger partial charge in [0.05, 0.1) is 6.61 Å². The first-order valence-corrected chi connectivity index (χ1v) is 6.89. The topological polar surface area (TPSA) is 114 Å². The molecule has 0 aliphatic carbocycles. The first kappa shape index (κ1) is 18.4. The van der Waals surface area contributed by atoms with Crippen LogP contribution in [0.3, 0.4) is 0 Å². The molecule has 0 heterocycles. The van der Waals surface area contributed by atoms with Crippen LogP contribution in [0.1, 0.15) is 13.8 Å². The molecule has 2 amide bonds. The van der Waals surface area contributed by atoms with Gasteiger partial charge in [-0.25, -0.2) is 4.79 Å². The van der Waals surface area contributed by atoms with Gasteiger partial charge in [-0.3, -0.25) is 9.59 Å². The summed E-state index contributed by atoms with van der Waals surface area (Å²) in [5.41, 5.74) is -0.796. The minimum Gasteiger partial charge on any atom is -0.465 e. The summed E-state index contributed by atoms with van der Waals surface area (Å²) in [5, 5.41) is 14.2. The van der Waals surface area contributed by atoms with Crippen LogP contribution < -0.4 is 10.6 Å². The summed E-state index contributed by atoms with van der Waals surface area (Å²) in [4.78, 5) is 34.3. The summed E-state index contributed by atoms with van der Waals surface area (Å²) in [7, 11) is 0. The fourth-order valence-corrected chi connectivity index (χ4v) is 1.47. The zero-order chi connectivity index (χ0) is 17.3. The third-order valence-corrected chi connectivity index (χ3v) is 2.90. The Morgan fingerprint density at radius 3 is 2.39 bits per heavy atom. The van der Waals surface area contributed by atoms with E-state index in [0.717, 1.165) is 0 Å². The van der Waals surface area contributed by atoms with Crippen LogP contribution in [0, 0.1) is 5.41 Å². The third kappa shape index (κ3) is 6.35. The lowest BCUT2D eigenvalue weighted by atomic mass is 9.93. The monoisotopic (exact) mass is 324 g/mol. The Balaban J connectivity index is 2.39. The molecule has 0 fully saturated rings. The molecule has 0 saturated heterocycles. The van der Waals surface area contributed by atoms with Crippen LogP contribution >= 0.6 is 0 Å². The van der Waals surface area contributed by atoms with Crippen molar-refractivity contribution in [3.05, 3.63) is 30.3 Å². The van der Waals surface area contributed by atoms with Gasteiger partial charge in [-0.15, -0.1) is 0 Å². The first-order chi connectivity index (χ1) is 10.9. The maximum atomic E-state index is 11.9. The number of carbonyl (C=O) groups is 3. The van der Waals surface area contributed by atoms with Gasteiger partial charge in [-0.2, -0.15) is 0 Å². The molecule has 0 radical (unpaired) electrons. The van der Waals surface area contributed by atoms with Crippen LogP contribution in [0.4, 0.5) is 10.5 Å². The van der Waals surface area contributed by atoms with Gasteiger partial charge >= 0.3 is 18.0 Å². The van der Waals surface area contributed by atoms with E-state index in [2.05, 4.69) is 10.6 Å². The van der Waals surface area contributed by atoms with Crippen LogP contribution in [0.2, 0.25) is 0 Å². The number of nitrogens with one attached hydrogen (secondary N) is 2. The van der Waals surface area contributed by atoms with Crippen molar-refractivity contribution in [2.75, 3.05) is 25.3 Å². The number of hydrogen-bond acceptors (Lipinski definition) is 6. The van der Waals surface area contributed by atoms with Crippen molar-refractivity contribution in [2.24, 2.45) is 5.41 Å². The number of amides is 2. The summed E-state index contributed by atoms with van der Waals surface area (Å²) in [6.07, 6.45) is 0. The molecule has 8 nitrogen and oxygen atoms in total. The van der Waals surface area contributed by atoms with Crippen molar-refractivity contribution in [2.45, 2.75) is 13.8 Å². The number of anilines is 1. The predicted molar refractivity (Wildman–Crippen MR) is 81.4 cm³/mol. The van der Waals surface area contributed by atoms with E-state index in [0.29, 0.717) is 5.69 Å².